The molecule has 7 heteroatoms. The van der Waals surface area contributed by atoms with Gasteiger partial charge in [-0.1, -0.05) is 18.5 Å². The minimum Gasteiger partial charge on any atom is -0.493 e. The first kappa shape index (κ1) is 22.9. The first-order valence-corrected chi connectivity index (χ1v) is 12.8. The number of nitrogens with zero attached hydrogens (tertiary/aromatic N) is 1. The summed E-state index contributed by atoms with van der Waals surface area (Å²) in [6.45, 7) is 5.34. The third kappa shape index (κ3) is 4.84. The molecule has 0 spiro atoms. The van der Waals surface area contributed by atoms with Crippen molar-refractivity contribution in [3.05, 3.63) is 73.8 Å². The molecule has 1 atom stereocenters. The predicted octanol–water partition coefficient (Wildman–Crippen LogP) is 6.59. The Kier molecular flexibility index (Phi) is 6.61. The molecule has 0 radical (unpaired) electrons. The summed E-state index contributed by atoms with van der Waals surface area (Å²) in [5.74, 6) is 2.85. The van der Waals surface area contributed by atoms with Gasteiger partial charge in [-0.3, -0.25) is 4.79 Å². The Hall–Kier alpha value is -2.83. The lowest BCUT2D eigenvalue weighted by atomic mass is 9.89. The normalized spacial score (nSPS) is 15.3. The van der Waals surface area contributed by atoms with E-state index in [1.54, 1.807) is 11.3 Å². The molecule has 1 aliphatic rings. The van der Waals surface area contributed by atoms with E-state index in [2.05, 4.69) is 11.9 Å². The Labute approximate surface area is 207 Å². The van der Waals surface area contributed by atoms with Crippen molar-refractivity contribution in [2.24, 2.45) is 5.92 Å². The van der Waals surface area contributed by atoms with Crippen molar-refractivity contribution in [3.8, 4) is 22.9 Å². The Bertz CT molecular complexity index is 1380. The van der Waals surface area contributed by atoms with Crippen LogP contribution in [0.25, 0.3) is 21.6 Å². The summed E-state index contributed by atoms with van der Waals surface area (Å²) >= 11 is 7.72. The molecule has 0 fully saturated rings. The largest absolute Gasteiger partial charge is 0.493 e. The number of ether oxygens (including phenoxy) is 2. The molecule has 2 aromatic carbocycles. The second-order valence-corrected chi connectivity index (χ2v) is 10.4. The molecular weight excluding hydrogens is 468 g/mol. The van der Waals surface area contributed by atoms with Crippen LogP contribution in [0.2, 0.25) is 5.02 Å². The summed E-state index contributed by atoms with van der Waals surface area (Å²) < 4.78 is 11.6. The lowest BCUT2D eigenvalue weighted by Gasteiger charge is -2.17. The van der Waals surface area contributed by atoms with Crippen LogP contribution in [0, 0.1) is 12.8 Å². The molecule has 1 N–H and O–H groups in total. The number of rotatable bonds is 7. The van der Waals surface area contributed by atoms with Gasteiger partial charge in [0.2, 0.25) is 0 Å². The minimum atomic E-state index is -0.0386. The summed E-state index contributed by atoms with van der Waals surface area (Å²) in [5, 5.41) is 1.52. The number of aromatic nitrogens is 2. The summed E-state index contributed by atoms with van der Waals surface area (Å²) in [5.41, 5.74) is 3.03. The fourth-order valence-electron chi connectivity index (χ4n) is 4.34. The maximum atomic E-state index is 12.9. The molecule has 2 aromatic heterocycles. The monoisotopic (exact) mass is 494 g/mol. The fourth-order valence-corrected chi connectivity index (χ4v) is 5.84. The minimum absolute atomic E-state index is 0.0386. The van der Waals surface area contributed by atoms with Gasteiger partial charge in [-0.15, -0.1) is 11.3 Å². The van der Waals surface area contributed by atoms with Crippen LogP contribution >= 0.6 is 22.9 Å². The number of hydrogen-bond acceptors (Lipinski definition) is 5. The van der Waals surface area contributed by atoms with Crippen LogP contribution in [0.3, 0.4) is 0 Å². The van der Waals surface area contributed by atoms with Crippen molar-refractivity contribution in [2.45, 2.75) is 39.5 Å². The van der Waals surface area contributed by atoms with Crippen molar-refractivity contribution in [2.75, 3.05) is 13.2 Å². The molecular formula is C27H27ClN2O3S. The maximum absolute atomic E-state index is 12.9. The van der Waals surface area contributed by atoms with Crippen LogP contribution in [0.1, 0.15) is 35.8 Å². The summed E-state index contributed by atoms with van der Waals surface area (Å²) in [4.78, 5) is 22.8. The van der Waals surface area contributed by atoms with E-state index in [4.69, 9.17) is 26.1 Å². The van der Waals surface area contributed by atoms with E-state index in [-0.39, 0.29) is 5.56 Å². The van der Waals surface area contributed by atoms with E-state index < -0.39 is 0 Å². The highest BCUT2D eigenvalue weighted by molar-refractivity contribution is 7.18. The van der Waals surface area contributed by atoms with E-state index in [0.717, 1.165) is 63.5 Å². The highest BCUT2D eigenvalue weighted by atomic mass is 35.5. The molecule has 5 nitrogen and oxygen atoms in total. The molecule has 0 bridgehead atoms. The predicted molar refractivity (Wildman–Crippen MR) is 139 cm³/mol. The highest BCUT2D eigenvalue weighted by Crippen LogP contribution is 2.36. The van der Waals surface area contributed by atoms with Crippen LogP contribution in [0.15, 0.2) is 47.3 Å². The third-order valence-corrected chi connectivity index (χ3v) is 7.82. The van der Waals surface area contributed by atoms with Crippen molar-refractivity contribution >= 4 is 33.2 Å². The summed E-state index contributed by atoms with van der Waals surface area (Å²) in [7, 11) is 0. The summed E-state index contributed by atoms with van der Waals surface area (Å²) in [6, 6.07) is 13.3. The number of aryl methyl sites for hydroxylation is 2. The maximum Gasteiger partial charge on any atom is 0.260 e. The molecule has 2 heterocycles. The molecule has 176 valence electrons. The molecule has 4 aromatic rings. The van der Waals surface area contributed by atoms with E-state index >= 15 is 0 Å². The number of nitrogens with one attached hydrogen (secondary N) is 1. The SMILES string of the molecule is Cc1cc(OCCCOc2ccc(-c3nc4sc5c(c4c(=O)[nH]3)CCC(C)C5)cc2)ccc1Cl. The number of halogens is 1. The number of aromatic amines is 1. The Morgan fingerprint density at radius 2 is 1.85 bits per heavy atom. The lowest BCUT2D eigenvalue weighted by Crippen LogP contribution is -2.13. The number of H-pyrrole nitrogens is 1. The molecule has 1 aliphatic carbocycles. The first-order valence-electron chi connectivity index (χ1n) is 11.6. The fraction of sp³-hybridized carbons (Fsp3) is 0.333. The Balaban J connectivity index is 1.20. The van der Waals surface area contributed by atoms with Crippen LogP contribution in [0.5, 0.6) is 11.5 Å². The van der Waals surface area contributed by atoms with E-state index in [0.29, 0.717) is 25.0 Å². The van der Waals surface area contributed by atoms with Gasteiger partial charge in [0.25, 0.3) is 5.56 Å². The Morgan fingerprint density at radius 3 is 2.62 bits per heavy atom. The van der Waals surface area contributed by atoms with E-state index in [9.17, 15) is 4.79 Å². The van der Waals surface area contributed by atoms with Crippen molar-refractivity contribution in [3.63, 3.8) is 0 Å². The van der Waals surface area contributed by atoms with Crippen LogP contribution in [0.4, 0.5) is 0 Å². The average Bonchev–Trinajstić information content (AvgIpc) is 3.19. The van der Waals surface area contributed by atoms with Crippen molar-refractivity contribution in [1.29, 1.82) is 0 Å². The Morgan fingerprint density at radius 1 is 1.12 bits per heavy atom. The van der Waals surface area contributed by atoms with Crippen LogP contribution < -0.4 is 15.0 Å². The molecule has 0 saturated heterocycles. The molecule has 0 saturated carbocycles. The smallest absolute Gasteiger partial charge is 0.260 e. The van der Waals surface area contributed by atoms with Crippen molar-refractivity contribution < 1.29 is 9.47 Å². The standard InChI is InChI=1S/C27H27ClN2O3S/c1-16-4-10-21-23(14-16)34-27-24(21)26(31)29-25(30-27)18-5-7-19(8-6-18)32-12-3-13-33-20-9-11-22(28)17(2)15-20/h5-9,11,15-16H,3-4,10,12-14H2,1-2H3,(H,29,30,31). The lowest BCUT2D eigenvalue weighted by molar-refractivity contribution is 0.247. The van der Waals surface area contributed by atoms with Crippen molar-refractivity contribution in [1.82, 2.24) is 9.97 Å². The van der Waals surface area contributed by atoms with Crippen LogP contribution in [-0.2, 0) is 12.8 Å². The van der Waals surface area contributed by atoms with E-state index in [1.807, 2.05) is 49.4 Å². The zero-order valence-electron chi connectivity index (χ0n) is 19.3. The average molecular weight is 495 g/mol. The van der Waals surface area contributed by atoms with Gasteiger partial charge in [0.05, 0.1) is 18.6 Å². The molecule has 34 heavy (non-hydrogen) atoms. The number of hydrogen-bond donors (Lipinski definition) is 1. The van der Waals surface area contributed by atoms with Crippen LogP contribution in [-0.4, -0.2) is 23.2 Å². The molecule has 0 aliphatic heterocycles. The number of fused-ring (bicyclic) bond motifs is 3. The second kappa shape index (κ2) is 9.80. The highest BCUT2D eigenvalue weighted by Gasteiger charge is 2.23. The molecule has 0 amide bonds. The van der Waals surface area contributed by atoms with Gasteiger partial charge in [-0.2, -0.15) is 0 Å². The zero-order chi connectivity index (χ0) is 23.7. The quantitative estimate of drug-likeness (QED) is 0.294. The topological polar surface area (TPSA) is 64.2 Å². The van der Waals surface area contributed by atoms with Gasteiger partial charge in [-0.05, 0) is 85.7 Å². The van der Waals surface area contributed by atoms with Gasteiger partial charge in [0, 0.05) is 21.9 Å². The first-order chi connectivity index (χ1) is 16.5. The number of benzene rings is 2. The zero-order valence-corrected chi connectivity index (χ0v) is 20.9. The summed E-state index contributed by atoms with van der Waals surface area (Å²) in [6.07, 6.45) is 3.91. The third-order valence-electron chi connectivity index (χ3n) is 6.25. The van der Waals surface area contributed by atoms with Gasteiger partial charge in [-0.25, -0.2) is 4.98 Å². The van der Waals surface area contributed by atoms with Gasteiger partial charge in [0.15, 0.2) is 0 Å². The second-order valence-electron chi connectivity index (χ2n) is 8.93. The van der Waals surface area contributed by atoms with Gasteiger partial charge < -0.3 is 14.5 Å². The van der Waals surface area contributed by atoms with Gasteiger partial charge >= 0.3 is 0 Å². The molecule has 1 unspecified atom stereocenters. The number of thiophene rings is 1. The van der Waals surface area contributed by atoms with Gasteiger partial charge in [0.1, 0.15) is 22.2 Å². The van der Waals surface area contributed by atoms with E-state index in [1.165, 1.54) is 10.4 Å². The molecule has 5 rings (SSSR count).